The van der Waals surface area contributed by atoms with Crippen molar-refractivity contribution in [1.29, 1.82) is 0 Å². The van der Waals surface area contributed by atoms with Crippen molar-refractivity contribution < 1.29 is 13.9 Å². The summed E-state index contributed by atoms with van der Waals surface area (Å²) in [5, 5.41) is 0.321. The Bertz CT molecular complexity index is 714. The van der Waals surface area contributed by atoms with E-state index in [-0.39, 0.29) is 24.4 Å². The lowest BCUT2D eigenvalue weighted by Crippen LogP contribution is -2.33. The predicted octanol–water partition coefficient (Wildman–Crippen LogP) is 3.69. The van der Waals surface area contributed by atoms with Gasteiger partial charge in [0.15, 0.2) is 0 Å². The van der Waals surface area contributed by atoms with Crippen LogP contribution < -0.4 is 4.74 Å². The monoisotopic (exact) mass is 334 g/mol. The number of pyridine rings is 1. The lowest BCUT2D eigenvalue weighted by Gasteiger charge is -2.24. The fraction of sp³-hybridized carbons (Fsp3) is 0.294. The molecular weight excluding hydrogens is 319 g/mol. The second kappa shape index (κ2) is 6.54. The molecule has 0 aliphatic heterocycles. The van der Waals surface area contributed by atoms with Crippen molar-refractivity contribution >= 4 is 17.5 Å². The number of hydrogen-bond donors (Lipinski definition) is 0. The maximum absolute atomic E-state index is 14.0. The van der Waals surface area contributed by atoms with E-state index in [1.54, 1.807) is 35.4 Å². The summed E-state index contributed by atoms with van der Waals surface area (Å²) in [6, 6.07) is 7.96. The van der Waals surface area contributed by atoms with E-state index in [0.29, 0.717) is 16.1 Å². The number of methoxy groups -OCH3 is 1. The number of carbonyl (C=O) groups excluding carboxylic acids is 1. The normalized spacial score (nSPS) is 13.7. The van der Waals surface area contributed by atoms with E-state index < -0.39 is 5.82 Å². The molecule has 0 N–H and O–H groups in total. The molecular formula is C17H16ClFN2O2. The van der Waals surface area contributed by atoms with Crippen molar-refractivity contribution in [2.75, 3.05) is 7.11 Å². The first-order valence-corrected chi connectivity index (χ1v) is 7.72. The van der Waals surface area contributed by atoms with Crippen LogP contribution in [0.3, 0.4) is 0 Å². The van der Waals surface area contributed by atoms with Gasteiger partial charge in [0.05, 0.1) is 13.7 Å². The van der Waals surface area contributed by atoms with Crippen LogP contribution in [-0.2, 0) is 6.54 Å². The lowest BCUT2D eigenvalue weighted by atomic mass is 10.1. The van der Waals surface area contributed by atoms with E-state index in [1.807, 2.05) is 0 Å². The molecule has 0 atom stereocenters. The van der Waals surface area contributed by atoms with Crippen LogP contribution in [0, 0.1) is 5.82 Å². The van der Waals surface area contributed by atoms with Crippen molar-refractivity contribution in [3.8, 4) is 5.88 Å². The molecule has 120 valence electrons. The molecule has 0 radical (unpaired) electrons. The van der Waals surface area contributed by atoms with Crippen molar-refractivity contribution in [3.05, 3.63) is 58.5 Å². The zero-order valence-corrected chi connectivity index (χ0v) is 13.4. The highest BCUT2D eigenvalue weighted by Gasteiger charge is 2.35. The van der Waals surface area contributed by atoms with Crippen LogP contribution in [0.4, 0.5) is 4.39 Å². The molecule has 0 saturated heterocycles. The third-order valence-electron chi connectivity index (χ3n) is 3.83. The van der Waals surface area contributed by atoms with Crippen molar-refractivity contribution in [2.45, 2.75) is 25.4 Å². The van der Waals surface area contributed by atoms with Gasteiger partial charge in [-0.3, -0.25) is 4.79 Å². The van der Waals surface area contributed by atoms with Gasteiger partial charge in [-0.25, -0.2) is 9.37 Å². The summed E-state index contributed by atoms with van der Waals surface area (Å²) in [6.45, 7) is 0.132. The van der Waals surface area contributed by atoms with E-state index in [9.17, 15) is 9.18 Å². The quantitative estimate of drug-likeness (QED) is 0.837. The largest absolute Gasteiger partial charge is 0.480 e. The smallest absolute Gasteiger partial charge is 0.259 e. The van der Waals surface area contributed by atoms with Gasteiger partial charge in [-0.2, -0.15) is 0 Å². The average Bonchev–Trinajstić information content (AvgIpc) is 3.39. The number of amides is 1. The van der Waals surface area contributed by atoms with Gasteiger partial charge in [-0.15, -0.1) is 0 Å². The summed E-state index contributed by atoms with van der Waals surface area (Å²) in [5.41, 5.74) is 0.701. The van der Waals surface area contributed by atoms with Gasteiger partial charge >= 0.3 is 0 Å². The highest BCUT2D eigenvalue weighted by Crippen LogP contribution is 2.33. The topological polar surface area (TPSA) is 42.4 Å². The Hall–Kier alpha value is -2.14. The summed E-state index contributed by atoms with van der Waals surface area (Å²) in [7, 11) is 1.47. The highest BCUT2D eigenvalue weighted by molar-refractivity contribution is 6.31. The van der Waals surface area contributed by atoms with Crippen LogP contribution in [-0.4, -0.2) is 28.9 Å². The Labute approximate surface area is 138 Å². The summed E-state index contributed by atoms with van der Waals surface area (Å²) >= 11 is 6.09. The number of ether oxygens (including phenoxy) is 1. The van der Waals surface area contributed by atoms with Crippen LogP contribution in [0.5, 0.6) is 5.88 Å². The van der Waals surface area contributed by atoms with Crippen molar-refractivity contribution in [2.24, 2.45) is 0 Å². The zero-order chi connectivity index (χ0) is 16.4. The average molecular weight is 335 g/mol. The van der Waals surface area contributed by atoms with E-state index in [1.165, 1.54) is 13.2 Å². The third kappa shape index (κ3) is 3.29. The molecule has 1 aromatic heterocycles. The number of nitrogens with zero attached hydrogens (tertiary/aromatic N) is 2. The van der Waals surface area contributed by atoms with Gasteiger partial charge in [0, 0.05) is 22.8 Å². The first-order chi connectivity index (χ1) is 11.1. The van der Waals surface area contributed by atoms with Gasteiger partial charge in [0.25, 0.3) is 5.91 Å². The number of aromatic nitrogens is 1. The van der Waals surface area contributed by atoms with Crippen LogP contribution in [0.15, 0.2) is 36.5 Å². The molecule has 1 amide bonds. The number of halogens is 2. The molecule has 23 heavy (non-hydrogen) atoms. The molecule has 1 aromatic carbocycles. The predicted molar refractivity (Wildman–Crippen MR) is 85.1 cm³/mol. The minimum Gasteiger partial charge on any atom is -0.480 e. The van der Waals surface area contributed by atoms with Gasteiger partial charge in [-0.1, -0.05) is 17.7 Å². The van der Waals surface area contributed by atoms with Crippen LogP contribution in [0.1, 0.15) is 28.8 Å². The van der Waals surface area contributed by atoms with Crippen LogP contribution >= 0.6 is 11.6 Å². The molecule has 4 nitrogen and oxygen atoms in total. The molecule has 3 rings (SSSR count). The Morgan fingerprint density at radius 1 is 1.39 bits per heavy atom. The van der Waals surface area contributed by atoms with Gasteiger partial charge in [-0.05, 0) is 37.1 Å². The van der Waals surface area contributed by atoms with Gasteiger partial charge in [0.2, 0.25) is 5.88 Å². The zero-order valence-electron chi connectivity index (χ0n) is 12.6. The molecule has 6 heteroatoms. The Kier molecular flexibility index (Phi) is 4.48. The minimum absolute atomic E-state index is 0.100. The van der Waals surface area contributed by atoms with Crippen LogP contribution in [0.25, 0.3) is 0 Å². The molecule has 0 unspecified atom stereocenters. The van der Waals surface area contributed by atoms with Crippen molar-refractivity contribution in [1.82, 2.24) is 9.88 Å². The van der Waals surface area contributed by atoms with Crippen molar-refractivity contribution in [3.63, 3.8) is 0 Å². The Morgan fingerprint density at radius 3 is 2.83 bits per heavy atom. The number of carbonyl (C=O) groups is 1. The van der Waals surface area contributed by atoms with Crippen LogP contribution in [0.2, 0.25) is 5.02 Å². The standard InChI is InChI=1S/C17H16ClFN2O2/c1-23-16-12(4-3-9-20-16)17(22)21(11-7-8-11)10-13-14(18)5-2-6-15(13)19/h2-6,9,11H,7-8,10H2,1H3. The summed E-state index contributed by atoms with van der Waals surface area (Å²) in [4.78, 5) is 18.6. The van der Waals surface area contributed by atoms with Gasteiger partial charge < -0.3 is 9.64 Å². The molecule has 1 saturated carbocycles. The van der Waals surface area contributed by atoms with E-state index in [4.69, 9.17) is 16.3 Å². The third-order valence-corrected chi connectivity index (χ3v) is 4.19. The number of rotatable bonds is 5. The van der Waals surface area contributed by atoms with Gasteiger partial charge in [0.1, 0.15) is 11.4 Å². The fourth-order valence-corrected chi connectivity index (χ4v) is 2.70. The second-order valence-corrected chi connectivity index (χ2v) is 5.83. The fourth-order valence-electron chi connectivity index (χ4n) is 2.48. The minimum atomic E-state index is -0.408. The lowest BCUT2D eigenvalue weighted by molar-refractivity contribution is 0.0724. The van der Waals surface area contributed by atoms with E-state index in [2.05, 4.69) is 4.98 Å². The maximum atomic E-state index is 14.0. The first-order valence-electron chi connectivity index (χ1n) is 7.34. The number of hydrogen-bond acceptors (Lipinski definition) is 3. The molecule has 0 spiro atoms. The van der Waals surface area contributed by atoms with E-state index in [0.717, 1.165) is 12.8 Å². The summed E-state index contributed by atoms with van der Waals surface area (Å²) in [5.74, 6) is -0.367. The molecule has 1 aliphatic carbocycles. The Morgan fingerprint density at radius 2 is 2.17 bits per heavy atom. The summed E-state index contributed by atoms with van der Waals surface area (Å²) in [6.07, 6.45) is 3.37. The SMILES string of the molecule is COc1ncccc1C(=O)N(Cc1c(F)cccc1Cl)C1CC1. The van der Waals surface area contributed by atoms with E-state index >= 15 is 0 Å². The molecule has 0 bridgehead atoms. The molecule has 1 heterocycles. The molecule has 1 aliphatic rings. The summed E-state index contributed by atoms with van der Waals surface area (Å²) < 4.78 is 19.2. The highest BCUT2D eigenvalue weighted by atomic mass is 35.5. The molecule has 2 aromatic rings. The second-order valence-electron chi connectivity index (χ2n) is 5.42. The molecule has 1 fully saturated rings. The Balaban J connectivity index is 1.92. The maximum Gasteiger partial charge on any atom is 0.259 e. The first kappa shape index (κ1) is 15.7. The number of benzene rings is 1.